The van der Waals surface area contributed by atoms with Gasteiger partial charge in [-0.15, -0.1) is 0 Å². The summed E-state index contributed by atoms with van der Waals surface area (Å²) in [4.78, 5) is 29.2. The lowest BCUT2D eigenvalue weighted by atomic mass is 9.96. The Morgan fingerprint density at radius 3 is 2.52 bits per heavy atom. The average molecular weight is 342 g/mol. The number of rotatable bonds is 3. The lowest BCUT2D eigenvalue weighted by molar-refractivity contribution is -0.137. The van der Waals surface area contributed by atoms with Gasteiger partial charge >= 0.3 is 0 Å². The molecule has 0 N–H and O–H groups in total. The third kappa shape index (κ3) is 3.88. The van der Waals surface area contributed by atoms with Crippen LogP contribution in [-0.4, -0.2) is 46.3 Å². The molecule has 3 rings (SSSR count). The summed E-state index contributed by atoms with van der Waals surface area (Å²) in [5.41, 5.74) is 1.27. The molecule has 3 atom stereocenters. The molecule has 1 aromatic rings. The Morgan fingerprint density at radius 2 is 1.84 bits per heavy atom. The number of hydrogen-bond acceptors (Lipinski definition) is 2. The van der Waals surface area contributed by atoms with Crippen LogP contribution < -0.4 is 0 Å². The van der Waals surface area contributed by atoms with E-state index in [4.69, 9.17) is 0 Å². The number of nitrogens with zero attached hydrogens (tertiary/aromatic N) is 2. The van der Waals surface area contributed by atoms with E-state index in [-0.39, 0.29) is 29.9 Å². The fourth-order valence-corrected chi connectivity index (χ4v) is 4.68. The fraction of sp³-hybridized carbons (Fsp3) is 0.619. The van der Waals surface area contributed by atoms with Crippen LogP contribution in [0.3, 0.4) is 0 Å². The minimum Gasteiger partial charge on any atom is -0.338 e. The third-order valence-electron chi connectivity index (χ3n) is 5.82. The van der Waals surface area contributed by atoms with E-state index < -0.39 is 0 Å². The first-order chi connectivity index (χ1) is 12.1. The second-order valence-electron chi connectivity index (χ2n) is 7.43. The maximum absolute atomic E-state index is 12.8. The van der Waals surface area contributed by atoms with Crippen molar-refractivity contribution in [2.45, 2.75) is 76.9 Å². The van der Waals surface area contributed by atoms with Crippen LogP contribution in [-0.2, 0) is 16.0 Å². The van der Waals surface area contributed by atoms with Crippen LogP contribution >= 0.6 is 0 Å². The van der Waals surface area contributed by atoms with Gasteiger partial charge < -0.3 is 9.80 Å². The maximum atomic E-state index is 12.8. The van der Waals surface area contributed by atoms with Crippen molar-refractivity contribution in [3.63, 3.8) is 0 Å². The first-order valence-corrected chi connectivity index (χ1v) is 9.74. The molecule has 0 aliphatic carbocycles. The average Bonchev–Trinajstić information content (AvgIpc) is 2.92. The van der Waals surface area contributed by atoms with E-state index in [9.17, 15) is 9.59 Å². The van der Waals surface area contributed by atoms with E-state index in [0.717, 1.165) is 45.1 Å². The molecule has 25 heavy (non-hydrogen) atoms. The van der Waals surface area contributed by atoms with Crippen LogP contribution in [0, 0.1) is 0 Å². The molecule has 2 fully saturated rings. The molecule has 0 saturated carbocycles. The van der Waals surface area contributed by atoms with E-state index in [1.165, 1.54) is 5.56 Å². The van der Waals surface area contributed by atoms with Gasteiger partial charge in [-0.25, -0.2) is 0 Å². The zero-order chi connectivity index (χ0) is 17.8. The second kappa shape index (κ2) is 8.03. The summed E-state index contributed by atoms with van der Waals surface area (Å²) in [5, 5.41) is 0. The van der Waals surface area contributed by atoms with Crippen molar-refractivity contribution >= 4 is 11.8 Å². The molecular weight excluding hydrogens is 312 g/mol. The number of hydrogen-bond donors (Lipinski definition) is 0. The number of benzene rings is 1. The van der Waals surface area contributed by atoms with Crippen LogP contribution in [0.25, 0.3) is 0 Å². The monoisotopic (exact) mass is 342 g/mol. The summed E-state index contributed by atoms with van der Waals surface area (Å²) in [6.45, 7) is 4.46. The minimum atomic E-state index is 0.154. The molecule has 0 spiro atoms. The first kappa shape index (κ1) is 18.0. The summed E-state index contributed by atoms with van der Waals surface area (Å²) >= 11 is 0. The van der Waals surface area contributed by atoms with Gasteiger partial charge in [-0.3, -0.25) is 9.59 Å². The predicted molar refractivity (Wildman–Crippen MR) is 99.1 cm³/mol. The predicted octanol–water partition coefficient (Wildman–Crippen LogP) is 3.40. The lowest BCUT2D eigenvalue weighted by Gasteiger charge is -2.37. The third-order valence-corrected chi connectivity index (χ3v) is 5.82. The highest BCUT2D eigenvalue weighted by Gasteiger charge is 2.46. The number of carbonyl (C=O) groups is 2. The molecule has 136 valence electrons. The molecule has 0 radical (unpaired) electrons. The molecule has 0 aromatic heterocycles. The zero-order valence-corrected chi connectivity index (χ0v) is 15.5. The largest absolute Gasteiger partial charge is 0.338 e. The van der Waals surface area contributed by atoms with Crippen LogP contribution in [0.2, 0.25) is 0 Å². The lowest BCUT2D eigenvalue weighted by Crippen LogP contribution is -2.50. The summed E-state index contributed by atoms with van der Waals surface area (Å²) < 4.78 is 0. The highest BCUT2D eigenvalue weighted by molar-refractivity contribution is 5.78. The highest BCUT2D eigenvalue weighted by Crippen LogP contribution is 2.35. The van der Waals surface area contributed by atoms with Gasteiger partial charge in [-0.1, -0.05) is 50.1 Å². The smallest absolute Gasteiger partial charge is 0.222 e. The second-order valence-corrected chi connectivity index (χ2v) is 7.43. The first-order valence-electron chi connectivity index (χ1n) is 9.74. The van der Waals surface area contributed by atoms with Crippen molar-refractivity contribution in [2.75, 3.05) is 6.54 Å². The van der Waals surface area contributed by atoms with Crippen molar-refractivity contribution in [2.24, 2.45) is 0 Å². The molecular formula is C21H30N2O2. The Kier molecular flexibility index (Phi) is 5.77. The molecule has 4 nitrogen and oxygen atoms in total. The molecule has 2 saturated heterocycles. The Hall–Kier alpha value is -1.84. The van der Waals surface area contributed by atoms with Gasteiger partial charge in [-0.05, 0) is 31.2 Å². The molecule has 0 bridgehead atoms. The van der Waals surface area contributed by atoms with Gasteiger partial charge in [0, 0.05) is 25.9 Å². The quantitative estimate of drug-likeness (QED) is 0.845. The molecule has 2 heterocycles. The standard InChI is InChI=1S/C21H30N2O2/c1-3-21(25)23-18(14-17-10-6-4-7-11-17)15-20-19(23)12-8-5-9-13-22(20)16(2)24/h4,6-7,10-11,18-20H,3,5,8-9,12-15H2,1-2H3/t18-,19-,20+/m1/s1. The molecule has 4 heteroatoms. The Labute approximate surface area is 151 Å². The maximum Gasteiger partial charge on any atom is 0.222 e. The molecule has 2 aliphatic heterocycles. The van der Waals surface area contributed by atoms with Gasteiger partial charge in [0.1, 0.15) is 0 Å². The van der Waals surface area contributed by atoms with E-state index in [1.807, 2.05) is 17.9 Å². The van der Waals surface area contributed by atoms with Crippen LogP contribution in [0.4, 0.5) is 0 Å². The van der Waals surface area contributed by atoms with Crippen LogP contribution in [0.15, 0.2) is 30.3 Å². The van der Waals surface area contributed by atoms with E-state index in [1.54, 1.807) is 6.92 Å². The fourth-order valence-electron chi connectivity index (χ4n) is 4.68. The van der Waals surface area contributed by atoms with Crippen molar-refractivity contribution < 1.29 is 9.59 Å². The van der Waals surface area contributed by atoms with Gasteiger partial charge in [0.2, 0.25) is 11.8 Å². The van der Waals surface area contributed by atoms with Crippen LogP contribution in [0.5, 0.6) is 0 Å². The van der Waals surface area contributed by atoms with Gasteiger partial charge in [0.15, 0.2) is 0 Å². The number of carbonyl (C=O) groups excluding carboxylic acids is 2. The Bertz CT molecular complexity index is 601. The van der Waals surface area contributed by atoms with E-state index in [2.05, 4.69) is 29.2 Å². The van der Waals surface area contributed by atoms with Crippen molar-refractivity contribution in [1.29, 1.82) is 0 Å². The van der Waals surface area contributed by atoms with Crippen molar-refractivity contribution in [3.05, 3.63) is 35.9 Å². The number of likely N-dealkylation sites (tertiary alicyclic amines) is 2. The van der Waals surface area contributed by atoms with E-state index in [0.29, 0.717) is 6.42 Å². The van der Waals surface area contributed by atoms with Gasteiger partial charge in [-0.2, -0.15) is 0 Å². The zero-order valence-electron chi connectivity index (χ0n) is 15.5. The summed E-state index contributed by atoms with van der Waals surface area (Å²) in [5.74, 6) is 0.388. The number of amides is 2. The van der Waals surface area contributed by atoms with Crippen LogP contribution in [0.1, 0.15) is 57.9 Å². The van der Waals surface area contributed by atoms with Gasteiger partial charge in [0.25, 0.3) is 0 Å². The molecule has 1 aromatic carbocycles. The Balaban J connectivity index is 1.89. The summed E-state index contributed by atoms with van der Waals surface area (Å²) in [7, 11) is 0. The number of fused-ring (bicyclic) bond motifs is 1. The van der Waals surface area contributed by atoms with Gasteiger partial charge in [0.05, 0.1) is 12.1 Å². The topological polar surface area (TPSA) is 40.6 Å². The van der Waals surface area contributed by atoms with Crippen molar-refractivity contribution in [3.8, 4) is 0 Å². The minimum absolute atomic E-state index is 0.154. The molecule has 0 unspecified atom stereocenters. The highest BCUT2D eigenvalue weighted by atomic mass is 16.2. The van der Waals surface area contributed by atoms with E-state index >= 15 is 0 Å². The summed E-state index contributed by atoms with van der Waals surface area (Å²) in [6, 6.07) is 11.0. The normalized spacial score (nSPS) is 26.7. The molecule has 2 aliphatic rings. The molecule has 2 amide bonds. The SMILES string of the molecule is CCC(=O)N1[C@H](Cc2ccccc2)C[C@H]2[C@H]1CCCCCN2C(C)=O. The Morgan fingerprint density at radius 1 is 1.08 bits per heavy atom. The summed E-state index contributed by atoms with van der Waals surface area (Å²) in [6.07, 6.45) is 6.72. The van der Waals surface area contributed by atoms with Crippen molar-refractivity contribution in [1.82, 2.24) is 9.80 Å².